The molecule has 35 nitrogen and oxygen atoms in total. The number of esters is 2. The van der Waals surface area contributed by atoms with Crippen molar-refractivity contribution in [3.63, 3.8) is 0 Å². The van der Waals surface area contributed by atoms with E-state index in [2.05, 4.69) is 74.5 Å². The van der Waals surface area contributed by atoms with Crippen LogP contribution in [-0.4, -0.2) is 214 Å². The van der Waals surface area contributed by atoms with Crippen LogP contribution in [-0.2, 0) is 28.7 Å². The van der Waals surface area contributed by atoms with E-state index in [-0.39, 0.29) is 195 Å². The molecule has 0 radical (unpaired) electrons. The number of methoxy groups -OCH3 is 3. The number of aliphatic carboxylic acids is 2. The van der Waals surface area contributed by atoms with Crippen molar-refractivity contribution in [1.29, 1.82) is 0 Å². The number of carbonyl (C=O) groups is 7. The summed E-state index contributed by atoms with van der Waals surface area (Å²) in [6.07, 6.45) is -13.6. The van der Waals surface area contributed by atoms with Gasteiger partial charge in [-0.1, -0.05) is 36.4 Å². The third-order valence-corrected chi connectivity index (χ3v) is 22.4. The van der Waals surface area contributed by atoms with Crippen LogP contribution in [0.3, 0.4) is 0 Å². The number of phenolic OH excluding ortho intramolecular Hbond substituents is 8. The molecule has 14 N–H and O–H groups in total. The third kappa shape index (κ3) is 25.5. The second-order valence-electron chi connectivity index (χ2n) is 29.0. The Morgan fingerprint density at radius 1 is 0.366 bits per heavy atom. The van der Waals surface area contributed by atoms with Gasteiger partial charge < -0.3 is 138 Å². The van der Waals surface area contributed by atoms with Crippen molar-refractivity contribution in [2.45, 2.75) is 106 Å². The van der Waals surface area contributed by atoms with Crippen LogP contribution in [0.2, 0.25) is 0 Å². The largest absolute Gasteiger partial charge is 0.481 e. The number of carboxylic acids is 2. The molecule has 43 heteroatoms. The predicted octanol–water partition coefficient (Wildman–Crippen LogP) is 11.2. The minimum Gasteiger partial charge on any atom is -0.481 e. The van der Waals surface area contributed by atoms with Crippen LogP contribution in [0.25, 0.3) is 0 Å². The molecule has 6 heterocycles. The smallest absolute Gasteiger partial charge is 0.304 e. The van der Waals surface area contributed by atoms with Gasteiger partial charge in [-0.25, -0.2) is 0 Å². The molecule has 9 aromatic rings. The van der Waals surface area contributed by atoms with E-state index in [0.29, 0.717) is 69.5 Å². The van der Waals surface area contributed by atoms with Crippen LogP contribution in [0.15, 0.2) is 146 Å². The SMILES string of the molecule is COc1cc(C2Oc3cc([C@H]4Oc5cc(O)cc(O)c5C(=O)[C@@H]4O)ccc3OC2CO)ccc1O.COc1cc([C@H]2Oc3cc([C@H]4Oc5cc(C)cc(O)c5C(=O)[C@@H]4O)ccc3O[C@@H]2COC(=O)CCSCCC(=O)OC[C@H]2Oc3ccc([C@H]4Oc5cc(O)cc(O)c5C(=O)[C@@H]4O)cc3O[C@@H]2c2ccc(O)c(OC)c2)ccc1O.I.II.I[I-]I.O=C(O)CCSCCC(=O)O. The predicted molar refractivity (Wildman–Crippen MR) is 509 cm³/mol. The number of aliphatic hydroxyl groups is 4. The van der Waals surface area contributed by atoms with Crippen molar-refractivity contribution in [2.75, 3.05) is 64.2 Å². The number of thioether (sulfide) groups is 2. The summed E-state index contributed by atoms with van der Waals surface area (Å²) in [5, 5.41) is 140. The van der Waals surface area contributed by atoms with E-state index in [1.54, 1.807) is 85.8 Å². The van der Waals surface area contributed by atoms with E-state index in [1.165, 1.54) is 93.4 Å². The number of rotatable bonds is 26. The molecule has 0 saturated carbocycles. The van der Waals surface area contributed by atoms with E-state index in [1.807, 2.05) is 0 Å². The molecule has 0 aliphatic carbocycles. The van der Waals surface area contributed by atoms with Gasteiger partial charge in [-0.15, -0.1) is 24.0 Å². The maximum absolute atomic E-state index is 13.2. The molecule has 702 valence electrons. The first-order valence-corrected chi connectivity index (χ1v) is 60.2. The summed E-state index contributed by atoms with van der Waals surface area (Å²) in [6.45, 7) is 0.847. The van der Waals surface area contributed by atoms with Crippen molar-refractivity contribution in [1.82, 2.24) is 0 Å². The first-order chi connectivity index (χ1) is 62.3. The summed E-state index contributed by atoms with van der Waals surface area (Å²) in [4.78, 5) is 85.3. The summed E-state index contributed by atoms with van der Waals surface area (Å²) in [5.41, 5.74) is 2.66. The van der Waals surface area contributed by atoms with E-state index in [0.717, 1.165) is 18.2 Å². The molecule has 2 unspecified atom stereocenters. The molecule has 12 atom stereocenters. The fraction of sp³-hybridized carbons (Fsp3) is 0.307. The fourth-order valence-electron chi connectivity index (χ4n) is 14.3. The topological polar surface area (TPSA) is 532 Å². The van der Waals surface area contributed by atoms with Crippen LogP contribution >= 0.6 is 122 Å². The molecule has 0 saturated heterocycles. The van der Waals surface area contributed by atoms with Gasteiger partial charge in [0.2, 0.25) is 17.3 Å². The Kier molecular flexibility index (Phi) is 38.2. The van der Waals surface area contributed by atoms with Crippen LogP contribution in [0.1, 0.15) is 132 Å². The summed E-state index contributed by atoms with van der Waals surface area (Å²) >= 11 is 12.2. The van der Waals surface area contributed by atoms with Crippen LogP contribution in [0.5, 0.6) is 115 Å². The Labute approximate surface area is 825 Å². The number of fused-ring (bicyclic) bond motifs is 6. The monoisotopic (exact) mass is 2530 g/mol. The maximum atomic E-state index is 13.2. The zero-order valence-corrected chi connectivity index (χ0v) is 83.8. The Morgan fingerprint density at radius 2 is 0.649 bits per heavy atom. The number of aliphatic hydroxyl groups excluding tert-OH is 4. The molecule has 0 bridgehead atoms. The van der Waals surface area contributed by atoms with Crippen molar-refractivity contribution in [3.8, 4) is 115 Å². The number of aromatic hydroxyl groups is 8. The van der Waals surface area contributed by atoms with Gasteiger partial charge >= 0.3 is 74.4 Å². The minimum absolute atomic E-state index is 0. The van der Waals surface area contributed by atoms with Crippen molar-refractivity contribution < 1.29 is 185 Å². The number of carbonyl (C=O) groups excluding carboxylic acids is 5. The molecule has 131 heavy (non-hydrogen) atoms. The fourth-order valence-corrected chi connectivity index (χ4v) is 16.0. The normalized spacial score (nSPS) is 20.1. The van der Waals surface area contributed by atoms with Gasteiger partial charge in [0.15, 0.2) is 142 Å². The number of aryl methyl sites for hydroxylation is 1. The Balaban J connectivity index is 0.000000281. The molecule has 6 aliphatic rings. The van der Waals surface area contributed by atoms with Crippen molar-refractivity contribution in [2.24, 2.45) is 0 Å². The van der Waals surface area contributed by atoms with Gasteiger partial charge in [0, 0.05) is 101 Å². The number of halogens is 6. The number of Topliss-reactive ketones (excluding diaryl/α,β-unsaturated/α-hetero) is 3. The van der Waals surface area contributed by atoms with E-state index >= 15 is 0 Å². The van der Waals surface area contributed by atoms with Crippen LogP contribution in [0.4, 0.5) is 0 Å². The van der Waals surface area contributed by atoms with Gasteiger partial charge in [-0.3, -0.25) is 33.6 Å². The number of carboxylic acid groups (broad SMARTS) is 2. The van der Waals surface area contributed by atoms with Gasteiger partial charge in [-0.2, -0.15) is 23.5 Å². The number of phenols is 8. The number of benzene rings is 9. The Hall–Kier alpha value is -9.21. The summed E-state index contributed by atoms with van der Waals surface area (Å²) < 4.78 is 82.6. The van der Waals surface area contributed by atoms with E-state index < -0.39 is 126 Å². The number of hydrogen-bond donors (Lipinski definition) is 14. The van der Waals surface area contributed by atoms with Gasteiger partial charge in [0.05, 0.1) is 53.6 Å². The zero-order valence-electron chi connectivity index (χ0n) is 69.0. The summed E-state index contributed by atoms with van der Waals surface area (Å²) in [7, 11) is 4.18. The van der Waals surface area contributed by atoms with Gasteiger partial charge in [-0.05, 0) is 114 Å². The summed E-state index contributed by atoms with van der Waals surface area (Å²) in [5.74, 6) is -3.89. The maximum Gasteiger partial charge on any atom is 0.304 e. The molecular weight excluding hydrogens is 2440 g/mol. The average Bonchev–Trinajstić information content (AvgIpc) is 0.763. The molecular formula is C88H85I6O35S2-. The molecule has 9 aromatic carbocycles. The zero-order chi connectivity index (χ0) is 94.1. The standard InChI is InChI=1S/C57H52O21S.C25H22O10.C6H10O4S.I3.I2.HI/c1-26-16-34(61)48-42(17-26)77-56(52(67)50(48)65)29-6-10-36-40(20-29)75-54(27-4-8-32(59)38(18-27)69-2)44(73-36)24-71-46(63)12-14-79-15-13-47(64)72-25-45-55(28-5-9-33(60)39(19-28)70-3)76-41-21-30(7-11-37(41)74-45)57-53(68)51(66)49-35(62)22-31(58)23-43(49)78-57;1-32-17-6-11(2-4-14(17)28)24-20(10-26)33-16-5-3-12(7-18(16)34-24)25-23(31)22(30)21-15(29)8-13(27)9-19(21)35-25;7-5(8)1-3-11-4-2-6(9)10;1-3-2;1-2;/h4-11,16-23,44-45,52-62,67-68H,12-15,24-25H2,1-3H3;2-9,20,23-29,31H,10H2,1H3;1-4H2,(H,7,8)(H,9,10);;;1H/q;;;-1;;/t44-,45-,52+,53+,54-,55-,56-,57-;20?,23-,24?,25+;;;;/m10..../s1. The van der Waals surface area contributed by atoms with Crippen molar-refractivity contribution >= 4 is 163 Å². The molecule has 15 rings (SSSR count). The molecule has 0 spiro atoms. The first-order valence-electron chi connectivity index (χ1n) is 39.0. The number of ether oxygens (including phenoxy) is 14. The van der Waals surface area contributed by atoms with Gasteiger partial charge in [0.25, 0.3) is 0 Å². The number of hydrogen-bond acceptors (Lipinski definition) is 35. The molecule has 0 fully saturated rings. The Morgan fingerprint density at radius 3 is 0.969 bits per heavy atom. The Bertz CT molecular complexity index is 5400. The van der Waals surface area contributed by atoms with Crippen LogP contribution < -0.4 is 70.1 Å². The molecule has 0 amide bonds. The van der Waals surface area contributed by atoms with Crippen LogP contribution in [0, 0.1) is 6.92 Å². The second kappa shape index (κ2) is 48.1. The number of ketones is 3. The molecule has 0 aromatic heterocycles. The second-order valence-corrected chi connectivity index (χ2v) is 47.7. The average molecular weight is 2530 g/mol. The van der Waals surface area contributed by atoms with Crippen molar-refractivity contribution in [3.05, 3.63) is 201 Å². The summed E-state index contributed by atoms with van der Waals surface area (Å²) in [6, 6.07) is 35.0. The van der Waals surface area contributed by atoms with Gasteiger partial charge in [0.1, 0.15) is 75.9 Å². The van der Waals surface area contributed by atoms with E-state index in [9.17, 15) is 94.8 Å². The minimum atomic E-state index is -1.73. The third-order valence-electron chi connectivity index (χ3n) is 20.4. The molecule has 6 aliphatic heterocycles. The van der Waals surface area contributed by atoms with E-state index in [4.69, 9.17) is 76.5 Å². The quantitative estimate of drug-likeness (QED) is 0.0136. The first kappa shape index (κ1) is 104.